The van der Waals surface area contributed by atoms with Crippen LogP contribution >= 0.6 is 15.9 Å². The molecule has 5 nitrogen and oxygen atoms in total. The van der Waals surface area contributed by atoms with E-state index in [0.717, 1.165) is 15.5 Å². The van der Waals surface area contributed by atoms with Crippen LogP contribution in [-0.4, -0.2) is 20.7 Å². The fourth-order valence-corrected chi connectivity index (χ4v) is 2.26. The van der Waals surface area contributed by atoms with E-state index in [1.807, 2.05) is 31.3 Å². The zero-order valence-corrected chi connectivity index (χ0v) is 12.3. The van der Waals surface area contributed by atoms with E-state index in [-0.39, 0.29) is 5.91 Å². The number of amides is 1. The number of hydrogen-bond acceptors (Lipinski definition) is 3. The average Bonchev–Trinajstić information content (AvgIpc) is 2.79. The van der Waals surface area contributed by atoms with Gasteiger partial charge in [0.15, 0.2) is 5.69 Å². The van der Waals surface area contributed by atoms with Crippen LogP contribution in [0.4, 0.5) is 5.69 Å². The van der Waals surface area contributed by atoms with Crippen LogP contribution in [0.15, 0.2) is 47.2 Å². The van der Waals surface area contributed by atoms with Crippen molar-refractivity contribution in [2.45, 2.75) is 0 Å². The maximum Gasteiger partial charge on any atom is 0.276 e. The number of halogens is 1. The Bertz CT molecular complexity index is 779. The van der Waals surface area contributed by atoms with Crippen LogP contribution in [0.5, 0.6) is 0 Å². The zero-order chi connectivity index (χ0) is 14.1. The van der Waals surface area contributed by atoms with Crippen LogP contribution in [0.2, 0.25) is 0 Å². The fourth-order valence-electron chi connectivity index (χ4n) is 2.02. The van der Waals surface area contributed by atoms with E-state index in [2.05, 4.69) is 31.3 Å². The van der Waals surface area contributed by atoms with Gasteiger partial charge in [-0.05, 0) is 34.1 Å². The zero-order valence-electron chi connectivity index (χ0n) is 10.7. The second kappa shape index (κ2) is 5.05. The molecule has 20 heavy (non-hydrogen) atoms. The molecule has 0 spiro atoms. The van der Waals surface area contributed by atoms with Gasteiger partial charge >= 0.3 is 0 Å². The molecule has 2 heterocycles. The van der Waals surface area contributed by atoms with Gasteiger partial charge in [-0.3, -0.25) is 9.48 Å². The summed E-state index contributed by atoms with van der Waals surface area (Å²) in [5.41, 5.74) is 1.96. The normalized spacial score (nSPS) is 10.7. The highest BCUT2D eigenvalue weighted by molar-refractivity contribution is 9.10. The van der Waals surface area contributed by atoms with E-state index >= 15 is 0 Å². The first-order valence-corrected chi connectivity index (χ1v) is 6.79. The van der Waals surface area contributed by atoms with Crippen LogP contribution in [-0.2, 0) is 7.05 Å². The lowest BCUT2D eigenvalue weighted by Gasteiger charge is -2.02. The second-order valence-corrected chi connectivity index (χ2v) is 5.13. The molecule has 0 atom stereocenters. The van der Waals surface area contributed by atoms with Gasteiger partial charge in [0.25, 0.3) is 5.91 Å². The number of fused-ring (bicyclic) bond motifs is 1. The third-order valence-electron chi connectivity index (χ3n) is 2.96. The lowest BCUT2D eigenvalue weighted by atomic mass is 10.2. The highest BCUT2D eigenvalue weighted by Crippen LogP contribution is 2.19. The Morgan fingerprint density at radius 1 is 1.25 bits per heavy atom. The molecule has 0 aliphatic rings. The number of pyridine rings is 1. The molecule has 0 radical (unpaired) electrons. The molecule has 0 aliphatic carbocycles. The van der Waals surface area contributed by atoms with Crippen molar-refractivity contribution in [3.8, 4) is 0 Å². The van der Waals surface area contributed by atoms with Crippen molar-refractivity contribution >= 4 is 38.4 Å². The van der Waals surface area contributed by atoms with Crippen LogP contribution < -0.4 is 5.32 Å². The van der Waals surface area contributed by atoms with E-state index < -0.39 is 0 Å². The van der Waals surface area contributed by atoms with Gasteiger partial charge in [-0.15, -0.1) is 0 Å². The van der Waals surface area contributed by atoms with Gasteiger partial charge < -0.3 is 5.32 Å². The van der Waals surface area contributed by atoms with Gasteiger partial charge in [0.2, 0.25) is 0 Å². The summed E-state index contributed by atoms with van der Waals surface area (Å²) in [6, 6.07) is 11.2. The first-order chi connectivity index (χ1) is 9.65. The average molecular weight is 331 g/mol. The molecule has 0 saturated heterocycles. The smallest absolute Gasteiger partial charge is 0.276 e. The Labute approximate surface area is 123 Å². The number of rotatable bonds is 2. The number of benzene rings is 1. The van der Waals surface area contributed by atoms with E-state index in [1.165, 1.54) is 0 Å². The number of para-hydroxylation sites is 1. The van der Waals surface area contributed by atoms with Crippen molar-refractivity contribution in [1.82, 2.24) is 14.8 Å². The number of nitrogens with zero attached hydrogens (tertiary/aromatic N) is 3. The number of carbonyl (C=O) groups excluding carboxylic acids is 1. The summed E-state index contributed by atoms with van der Waals surface area (Å²) >= 11 is 3.25. The number of hydrogen-bond donors (Lipinski definition) is 1. The lowest BCUT2D eigenvalue weighted by Crippen LogP contribution is -2.13. The van der Waals surface area contributed by atoms with Crippen LogP contribution in [0.1, 0.15) is 10.5 Å². The van der Waals surface area contributed by atoms with Crippen molar-refractivity contribution in [2.75, 3.05) is 5.32 Å². The molecule has 1 aromatic carbocycles. The number of nitrogens with one attached hydrogen (secondary N) is 1. The largest absolute Gasteiger partial charge is 0.319 e. The Morgan fingerprint density at radius 2 is 2.05 bits per heavy atom. The molecule has 100 valence electrons. The molecule has 1 N–H and O–H groups in total. The summed E-state index contributed by atoms with van der Waals surface area (Å²) in [5, 5.41) is 7.90. The lowest BCUT2D eigenvalue weighted by molar-refractivity contribution is 0.102. The summed E-state index contributed by atoms with van der Waals surface area (Å²) in [5.74, 6) is -0.245. The summed E-state index contributed by atoms with van der Waals surface area (Å²) in [7, 11) is 1.82. The van der Waals surface area contributed by atoms with E-state index in [4.69, 9.17) is 0 Å². The molecule has 1 amide bonds. The first-order valence-electron chi connectivity index (χ1n) is 6.00. The van der Waals surface area contributed by atoms with Crippen LogP contribution in [0.25, 0.3) is 10.9 Å². The molecule has 0 unspecified atom stereocenters. The Balaban J connectivity index is 1.95. The SMILES string of the molecule is Cn1nc(C(=O)Nc2ccc(Br)nc2)c2ccccc21. The third kappa shape index (κ3) is 2.30. The van der Waals surface area contributed by atoms with E-state index in [1.54, 1.807) is 23.0 Å². The van der Waals surface area contributed by atoms with Crippen molar-refractivity contribution < 1.29 is 4.79 Å². The maximum absolute atomic E-state index is 12.3. The molecule has 3 aromatic rings. The molecule has 0 bridgehead atoms. The minimum Gasteiger partial charge on any atom is -0.319 e. The molecule has 0 saturated carbocycles. The molecule has 0 aliphatic heterocycles. The predicted octanol–water partition coefficient (Wildman–Crippen LogP) is 2.98. The minimum atomic E-state index is -0.245. The number of carbonyl (C=O) groups is 1. The van der Waals surface area contributed by atoms with Crippen molar-refractivity contribution in [3.05, 3.63) is 52.9 Å². The summed E-state index contributed by atoms with van der Waals surface area (Å²) < 4.78 is 2.42. The maximum atomic E-state index is 12.3. The molecule has 3 rings (SSSR count). The van der Waals surface area contributed by atoms with Gasteiger partial charge in [0.1, 0.15) is 4.60 Å². The summed E-state index contributed by atoms with van der Waals surface area (Å²) in [4.78, 5) is 16.4. The Hall–Kier alpha value is -2.21. The van der Waals surface area contributed by atoms with E-state index in [9.17, 15) is 4.79 Å². The third-order valence-corrected chi connectivity index (χ3v) is 3.43. The van der Waals surface area contributed by atoms with Gasteiger partial charge in [0, 0.05) is 12.4 Å². The van der Waals surface area contributed by atoms with Gasteiger partial charge in [-0.25, -0.2) is 4.98 Å². The van der Waals surface area contributed by atoms with Crippen LogP contribution in [0.3, 0.4) is 0 Å². The second-order valence-electron chi connectivity index (χ2n) is 4.31. The molecular weight excluding hydrogens is 320 g/mol. The molecule has 6 heteroatoms. The summed E-state index contributed by atoms with van der Waals surface area (Å²) in [6.07, 6.45) is 1.59. The van der Waals surface area contributed by atoms with Crippen molar-refractivity contribution in [2.24, 2.45) is 7.05 Å². The quantitative estimate of drug-likeness (QED) is 0.735. The van der Waals surface area contributed by atoms with E-state index in [0.29, 0.717) is 11.4 Å². The first kappa shape index (κ1) is 12.8. The van der Waals surface area contributed by atoms with Gasteiger partial charge in [0.05, 0.1) is 17.4 Å². The monoisotopic (exact) mass is 330 g/mol. The Kier molecular flexibility index (Phi) is 3.23. The van der Waals surface area contributed by atoms with Gasteiger partial charge in [-0.1, -0.05) is 18.2 Å². The highest BCUT2D eigenvalue weighted by atomic mass is 79.9. The number of aromatic nitrogens is 3. The summed E-state index contributed by atoms with van der Waals surface area (Å²) in [6.45, 7) is 0. The van der Waals surface area contributed by atoms with Crippen molar-refractivity contribution in [1.29, 1.82) is 0 Å². The van der Waals surface area contributed by atoms with Gasteiger partial charge in [-0.2, -0.15) is 5.10 Å². The predicted molar refractivity (Wildman–Crippen MR) is 80.6 cm³/mol. The number of anilines is 1. The van der Waals surface area contributed by atoms with Crippen LogP contribution in [0, 0.1) is 0 Å². The molecule has 2 aromatic heterocycles. The minimum absolute atomic E-state index is 0.245. The highest BCUT2D eigenvalue weighted by Gasteiger charge is 2.15. The molecular formula is C14H11BrN4O. The standard InChI is InChI=1S/C14H11BrN4O/c1-19-11-5-3-2-4-10(11)13(18-19)14(20)17-9-6-7-12(15)16-8-9/h2-8H,1H3,(H,17,20). The molecule has 0 fully saturated rings. The fraction of sp³-hybridized carbons (Fsp3) is 0.0714. The van der Waals surface area contributed by atoms with Crippen molar-refractivity contribution in [3.63, 3.8) is 0 Å². The number of aryl methyl sites for hydroxylation is 1. The topological polar surface area (TPSA) is 59.8 Å². The Morgan fingerprint density at radius 3 is 2.80 bits per heavy atom.